The van der Waals surface area contributed by atoms with Gasteiger partial charge in [-0.25, -0.2) is 0 Å². The molecule has 1 radical (unpaired) electrons. The van der Waals surface area contributed by atoms with E-state index in [1.54, 1.807) is 0 Å². The van der Waals surface area contributed by atoms with Crippen molar-refractivity contribution in [3.05, 3.63) is 6.42 Å². The Morgan fingerprint density at radius 3 is 2.58 bits per heavy atom. The Bertz CT molecular complexity index is 90.6. The first-order valence-electron chi connectivity index (χ1n) is 5.70. The summed E-state index contributed by atoms with van der Waals surface area (Å²) >= 11 is 0. The van der Waals surface area contributed by atoms with Gasteiger partial charge >= 0.3 is 0 Å². The standard InChI is InChI=1S/C12H23/c1-3-6-11-8-5-9-12(10-11)7-4-2/h8,11-12H,3-7,9-10H2,1-2H3. The average molecular weight is 167 g/mol. The molecule has 0 aliphatic heterocycles. The summed E-state index contributed by atoms with van der Waals surface area (Å²) in [6.45, 7) is 4.62. The Kier molecular flexibility index (Phi) is 4.72. The molecular formula is C12H23. The van der Waals surface area contributed by atoms with Gasteiger partial charge < -0.3 is 0 Å². The molecule has 0 saturated heterocycles. The van der Waals surface area contributed by atoms with Gasteiger partial charge in [0, 0.05) is 0 Å². The Labute approximate surface area is 77.7 Å². The molecule has 0 aromatic carbocycles. The number of hydrogen-bond donors (Lipinski definition) is 0. The van der Waals surface area contributed by atoms with Gasteiger partial charge in [-0.1, -0.05) is 46.0 Å². The van der Waals surface area contributed by atoms with E-state index in [1.807, 2.05) is 0 Å². The largest absolute Gasteiger partial charge is 0.0654 e. The number of rotatable bonds is 4. The van der Waals surface area contributed by atoms with E-state index in [9.17, 15) is 0 Å². The molecule has 0 spiro atoms. The minimum absolute atomic E-state index is 0.959. The van der Waals surface area contributed by atoms with Crippen LogP contribution >= 0.6 is 0 Å². The molecule has 0 aromatic rings. The zero-order valence-electron chi connectivity index (χ0n) is 8.68. The van der Waals surface area contributed by atoms with Crippen LogP contribution in [0.1, 0.15) is 58.8 Å². The van der Waals surface area contributed by atoms with Crippen LogP contribution in [0.5, 0.6) is 0 Å². The van der Waals surface area contributed by atoms with Gasteiger partial charge in [0.15, 0.2) is 0 Å². The highest BCUT2D eigenvalue weighted by Crippen LogP contribution is 2.33. The molecule has 1 saturated carbocycles. The maximum atomic E-state index is 2.57. The van der Waals surface area contributed by atoms with E-state index in [4.69, 9.17) is 0 Å². The second-order valence-electron chi connectivity index (χ2n) is 4.25. The van der Waals surface area contributed by atoms with E-state index >= 15 is 0 Å². The van der Waals surface area contributed by atoms with Crippen molar-refractivity contribution < 1.29 is 0 Å². The second kappa shape index (κ2) is 5.61. The van der Waals surface area contributed by atoms with Gasteiger partial charge in [0.25, 0.3) is 0 Å². The van der Waals surface area contributed by atoms with Crippen LogP contribution in [-0.4, -0.2) is 0 Å². The van der Waals surface area contributed by atoms with Crippen molar-refractivity contribution in [2.24, 2.45) is 11.8 Å². The molecular weight excluding hydrogens is 144 g/mol. The van der Waals surface area contributed by atoms with Crippen molar-refractivity contribution in [3.8, 4) is 0 Å². The molecule has 71 valence electrons. The lowest BCUT2D eigenvalue weighted by Crippen LogP contribution is -2.15. The molecule has 12 heavy (non-hydrogen) atoms. The van der Waals surface area contributed by atoms with Crippen molar-refractivity contribution in [2.75, 3.05) is 0 Å². The van der Waals surface area contributed by atoms with Gasteiger partial charge in [0.05, 0.1) is 0 Å². The molecule has 2 atom stereocenters. The molecule has 0 heteroatoms. The van der Waals surface area contributed by atoms with Gasteiger partial charge in [0.1, 0.15) is 0 Å². The van der Waals surface area contributed by atoms with Crippen molar-refractivity contribution in [3.63, 3.8) is 0 Å². The van der Waals surface area contributed by atoms with E-state index in [2.05, 4.69) is 20.3 Å². The van der Waals surface area contributed by atoms with E-state index in [1.165, 1.54) is 44.9 Å². The fourth-order valence-electron chi connectivity index (χ4n) is 2.49. The van der Waals surface area contributed by atoms with Gasteiger partial charge in [-0.3, -0.25) is 0 Å². The molecule has 2 unspecified atom stereocenters. The lowest BCUT2D eigenvalue weighted by Gasteiger charge is -2.28. The minimum Gasteiger partial charge on any atom is -0.0654 e. The van der Waals surface area contributed by atoms with Crippen LogP contribution in [-0.2, 0) is 0 Å². The molecule has 0 amide bonds. The predicted octanol–water partition coefficient (Wildman–Crippen LogP) is 4.21. The van der Waals surface area contributed by atoms with E-state index < -0.39 is 0 Å². The first kappa shape index (κ1) is 10.1. The van der Waals surface area contributed by atoms with Crippen molar-refractivity contribution in [2.45, 2.75) is 58.8 Å². The summed E-state index contributed by atoms with van der Waals surface area (Å²) in [6.07, 6.45) is 12.5. The van der Waals surface area contributed by atoms with Gasteiger partial charge in [0.2, 0.25) is 0 Å². The van der Waals surface area contributed by atoms with Crippen LogP contribution in [0.25, 0.3) is 0 Å². The highest BCUT2D eigenvalue weighted by molar-refractivity contribution is 4.84. The summed E-state index contributed by atoms with van der Waals surface area (Å²) in [5.41, 5.74) is 0. The third kappa shape index (κ3) is 3.16. The van der Waals surface area contributed by atoms with E-state index in [0.29, 0.717) is 0 Å². The summed E-state index contributed by atoms with van der Waals surface area (Å²) in [5, 5.41) is 0. The molecule has 0 bridgehead atoms. The van der Waals surface area contributed by atoms with Gasteiger partial charge in [-0.05, 0) is 31.1 Å². The van der Waals surface area contributed by atoms with E-state index in [0.717, 1.165) is 11.8 Å². The Hall–Kier alpha value is 0. The quantitative estimate of drug-likeness (QED) is 0.588. The first-order valence-corrected chi connectivity index (χ1v) is 5.70. The molecule has 1 rings (SSSR count). The van der Waals surface area contributed by atoms with Crippen LogP contribution in [0, 0.1) is 18.3 Å². The van der Waals surface area contributed by atoms with Crippen LogP contribution in [0.15, 0.2) is 0 Å². The smallest absolute Gasteiger partial charge is 0.0355 e. The van der Waals surface area contributed by atoms with Crippen molar-refractivity contribution >= 4 is 0 Å². The van der Waals surface area contributed by atoms with Crippen LogP contribution < -0.4 is 0 Å². The highest BCUT2D eigenvalue weighted by atomic mass is 14.3. The first-order chi connectivity index (χ1) is 5.86. The lowest BCUT2D eigenvalue weighted by atomic mass is 9.78. The van der Waals surface area contributed by atoms with Crippen molar-refractivity contribution in [1.82, 2.24) is 0 Å². The van der Waals surface area contributed by atoms with Crippen LogP contribution in [0.3, 0.4) is 0 Å². The maximum Gasteiger partial charge on any atom is -0.0355 e. The summed E-state index contributed by atoms with van der Waals surface area (Å²) in [7, 11) is 0. The van der Waals surface area contributed by atoms with Crippen LogP contribution in [0.2, 0.25) is 0 Å². The monoisotopic (exact) mass is 167 g/mol. The lowest BCUT2D eigenvalue weighted by molar-refractivity contribution is 0.295. The summed E-state index contributed by atoms with van der Waals surface area (Å²) in [5.74, 6) is 2.01. The molecule has 0 aromatic heterocycles. The number of hydrogen-bond acceptors (Lipinski definition) is 0. The molecule has 0 nitrogen and oxygen atoms in total. The second-order valence-corrected chi connectivity index (χ2v) is 4.25. The molecule has 0 heterocycles. The molecule has 1 aliphatic rings. The highest BCUT2D eigenvalue weighted by Gasteiger charge is 2.20. The zero-order chi connectivity index (χ0) is 8.81. The maximum absolute atomic E-state index is 2.57. The SMILES string of the molecule is CCCC1[CH]CCC(CCC)C1. The summed E-state index contributed by atoms with van der Waals surface area (Å²) in [4.78, 5) is 0. The fourth-order valence-corrected chi connectivity index (χ4v) is 2.49. The fraction of sp³-hybridized carbons (Fsp3) is 0.917. The zero-order valence-corrected chi connectivity index (χ0v) is 8.68. The molecule has 0 N–H and O–H groups in total. The summed E-state index contributed by atoms with van der Waals surface area (Å²) < 4.78 is 0. The minimum atomic E-state index is 0.959. The third-order valence-corrected chi connectivity index (χ3v) is 3.07. The molecule has 1 fully saturated rings. The van der Waals surface area contributed by atoms with Crippen LogP contribution in [0.4, 0.5) is 0 Å². The van der Waals surface area contributed by atoms with Crippen molar-refractivity contribution in [1.29, 1.82) is 0 Å². The normalized spacial score (nSPS) is 30.5. The van der Waals surface area contributed by atoms with Gasteiger partial charge in [-0.2, -0.15) is 0 Å². The Morgan fingerprint density at radius 2 is 1.92 bits per heavy atom. The molecule has 1 aliphatic carbocycles. The summed E-state index contributed by atoms with van der Waals surface area (Å²) in [6, 6.07) is 0. The predicted molar refractivity (Wildman–Crippen MR) is 54.9 cm³/mol. The third-order valence-electron chi connectivity index (χ3n) is 3.07. The Balaban J connectivity index is 2.20. The average Bonchev–Trinajstić information content (AvgIpc) is 2.06. The Morgan fingerprint density at radius 1 is 1.17 bits per heavy atom. The topological polar surface area (TPSA) is 0 Å². The van der Waals surface area contributed by atoms with E-state index in [-0.39, 0.29) is 0 Å². The van der Waals surface area contributed by atoms with Gasteiger partial charge in [-0.15, -0.1) is 0 Å².